The van der Waals surface area contributed by atoms with Gasteiger partial charge in [0.15, 0.2) is 0 Å². The third-order valence-electron chi connectivity index (χ3n) is 3.39. The zero-order valence-corrected chi connectivity index (χ0v) is 11.5. The van der Waals surface area contributed by atoms with Crippen LogP contribution in [0.1, 0.15) is 33.1 Å². The number of amides is 1. The highest BCUT2D eigenvalue weighted by atomic mass is 16.5. The lowest BCUT2D eigenvalue weighted by Gasteiger charge is -2.38. The minimum absolute atomic E-state index is 0.0235. The lowest BCUT2D eigenvalue weighted by molar-refractivity contribution is -0.126. The molecule has 0 aliphatic carbocycles. The Morgan fingerprint density at radius 2 is 2.28 bits per heavy atom. The van der Waals surface area contributed by atoms with E-state index in [1.54, 1.807) is 0 Å². The highest BCUT2D eigenvalue weighted by Gasteiger charge is 2.36. The van der Waals surface area contributed by atoms with Gasteiger partial charge in [0.25, 0.3) is 0 Å². The van der Waals surface area contributed by atoms with Crippen LogP contribution in [0.25, 0.3) is 0 Å². The van der Waals surface area contributed by atoms with Crippen LogP contribution in [0, 0.1) is 5.41 Å². The Labute approximate surface area is 109 Å². The minimum atomic E-state index is -0.0930. The molecule has 5 heteroatoms. The number of ether oxygens (including phenoxy) is 1. The van der Waals surface area contributed by atoms with E-state index < -0.39 is 0 Å². The molecule has 3 N–H and O–H groups in total. The van der Waals surface area contributed by atoms with Crippen LogP contribution in [0.4, 0.5) is 0 Å². The fourth-order valence-corrected chi connectivity index (χ4v) is 2.31. The van der Waals surface area contributed by atoms with Crippen LogP contribution >= 0.6 is 0 Å². The number of carbonyl (C=O) groups excluding carboxylic acids is 1. The molecular weight excluding hydrogens is 232 g/mol. The summed E-state index contributed by atoms with van der Waals surface area (Å²) >= 11 is 0. The first-order valence-corrected chi connectivity index (χ1v) is 6.77. The van der Waals surface area contributed by atoms with Crippen molar-refractivity contribution < 1.29 is 14.6 Å². The van der Waals surface area contributed by atoms with Crippen LogP contribution in [0.2, 0.25) is 0 Å². The highest BCUT2D eigenvalue weighted by molar-refractivity contribution is 5.82. The van der Waals surface area contributed by atoms with Gasteiger partial charge in [-0.3, -0.25) is 4.79 Å². The van der Waals surface area contributed by atoms with E-state index in [0.29, 0.717) is 19.8 Å². The van der Waals surface area contributed by atoms with Gasteiger partial charge in [0, 0.05) is 13.2 Å². The van der Waals surface area contributed by atoms with Crippen LogP contribution in [-0.2, 0) is 9.53 Å². The van der Waals surface area contributed by atoms with E-state index in [1.807, 2.05) is 0 Å². The van der Waals surface area contributed by atoms with Crippen LogP contribution in [-0.4, -0.2) is 50.0 Å². The first-order valence-electron chi connectivity index (χ1n) is 6.77. The molecule has 1 unspecified atom stereocenters. The molecule has 1 fully saturated rings. The van der Waals surface area contributed by atoms with E-state index in [2.05, 4.69) is 24.5 Å². The molecule has 1 aliphatic heterocycles. The second kappa shape index (κ2) is 7.71. The molecule has 106 valence electrons. The highest BCUT2D eigenvalue weighted by Crippen LogP contribution is 2.29. The first-order chi connectivity index (χ1) is 8.58. The number of aliphatic hydroxyl groups is 1. The van der Waals surface area contributed by atoms with Crippen molar-refractivity contribution >= 4 is 5.91 Å². The number of carbonyl (C=O) groups is 1. The van der Waals surface area contributed by atoms with Gasteiger partial charge in [0.1, 0.15) is 0 Å². The van der Waals surface area contributed by atoms with Crippen molar-refractivity contribution in [2.45, 2.75) is 39.2 Å². The van der Waals surface area contributed by atoms with E-state index in [9.17, 15) is 4.79 Å². The molecule has 18 heavy (non-hydrogen) atoms. The van der Waals surface area contributed by atoms with Crippen LogP contribution < -0.4 is 10.6 Å². The Kier molecular flexibility index (Phi) is 6.60. The second-order valence-corrected chi connectivity index (χ2v) is 5.46. The Morgan fingerprint density at radius 3 is 2.94 bits per heavy atom. The lowest BCUT2D eigenvalue weighted by atomic mass is 9.77. The summed E-state index contributed by atoms with van der Waals surface area (Å²) in [4.78, 5) is 12.0. The maximum atomic E-state index is 12.0. The van der Waals surface area contributed by atoms with Crippen molar-refractivity contribution in [1.29, 1.82) is 0 Å². The molecule has 5 nitrogen and oxygen atoms in total. The zero-order valence-electron chi connectivity index (χ0n) is 11.5. The predicted octanol–water partition coefficient (Wildman–Crippen LogP) is 0.280. The Bertz CT molecular complexity index is 257. The molecule has 1 aliphatic rings. The summed E-state index contributed by atoms with van der Waals surface area (Å²) in [6.45, 7) is 6.79. The molecule has 0 aromatic heterocycles. The molecule has 0 saturated carbocycles. The Morgan fingerprint density at radius 1 is 1.50 bits per heavy atom. The molecule has 1 amide bonds. The molecule has 0 aromatic carbocycles. The van der Waals surface area contributed by atoms with Crippen molar-refractivity contribution in [2.24, 2.45) is 5.41 Å². The fourth-order valence-electron chi connectivity index (χ4n) is 2.31. The van der Waals surface area contributed by atoms with Crippen molar-refractivity contribution in [1.82, 2.24) is 10.6 Å². The molecular formula is C13H26N2O3. The number of piperidine rings is 1. The summed E-state index contributed by atoms with van der Waals surface area (Å²) in [6, 6.07) is -0.0930. The van der Waals surface area contributed by atoms with Crippen molar-refractivity contribution in [3.63, 3.8) is 0 Å². The zero-order chi connectivity index (χ0) is 13.4. The summed E-state index contributed by atoms with van der Waals surface area (Å²) in [7, 11) is 0. The molecule has 1 saturated heterocycles. The first kappa shape index (κ1) is 15.4. The van der Waals surface area contributed by atoms with Gasteiger partial charge in [0.2, 0.25) is 5.91 Å². The largest absolute Gasteiger partial charge is 0.394 e. The summed E-state index contributed by atoms with van der Waals surface area (Å²) in [6.07, 6.45) is 2.99. The molecule has 0 radical (unpaired) electrons. The molecule has 1 heterocycles. The maximum Gasteiger partial charge on any atom is 0.237 e. The summed E-state index contributed by atoms with van der Waals surface area (Å²) in [5, 5.41) is 14.8. The fraction of sp³-hybridized carbons (Fsp3) is 0.923. The quantitative estimate of drug-likeness (QED) is 0.574. The topological polar surface area (TPSA) is 70.6 Å². The summed E-state index contributed by atoms with van der Waals surface area (Å²) < 4.78 is 5.13. The molecule has 0 bridgehead atoms. The van der Waals surface area contributed by atoms with E-state index in [0.717, 1.165) is 25.8 Å². The van der Waals surface area contributed by atoms with Gasteiger partial charge >= 0.3 is 0 Å². The van der Waals surface area contributed by atoms with Gasteiger partial charge in [-0.2, -0.15) is 0 Å². The molecule has 1 atom stereocenters. The summed E-state index contributed by atoms with van der Waals surface area (Å²) in [5.74, 6) is 0.0851. The average Bonchev–Trinajstić information content (AvgIpc) is 2.32. The predicted molar refractivity (Wildman–Crippen MR) is 70.3 cm³/mol. The van der Waals surface area contributed by atoms with Crippen molar-refractivity contribution in [2.75, 3.05) is 32.9 Å². The maximum absolute atomic E-state index is 12.0. The van der Waals surface area contributed by atoms with Gasteiger partial charge in [-0.05, 0) is 31.2 Å². The van der Waals surface area contributed by atoms with Crippen LogP contribution in [0.5, 0.6) is 0 Å². The number of aliphatic hydroxyl groups excluding tert-OH is 1. The molecule has 0 spiro atoms. The van der Waals surface area contributed by atoms with Gasteiger partial charge < -0.3 is 20.5 Å². The van der Waals surface area contributed by atoms with Crippen LogP contribution in [0.15, 0.2) is 0 Å². The Balaban J connectivity index is 2.19. The number of nitrogens with one attached hydrogen (secondary N) is 2. The van der Waals surface area contributed by atoms with Gasteiger partial charge in [-0.15, -0.1) is 0 Å². The number of rotatable bonds is 7. The van der Waals surface area contributed by atoms with Gasteiger partial charge in [0.05, 0.1) is 19.3 Å². The smallest absolute Gasteiger partial charge is 0.237 e. The Hall–Kier alpha value is -0.650. The monoisotopic (exact) mass is 258 g/mol. The van der Waals surface area contributed by atoms with Gasteiger partial charge in [-0.1, -0.05) is 13.8 Å². The van der Waals surface area contributed by atoms with E-state index >= 15 is 0 Å². The van der Waals surface area contributed by atoms with E-state index in [4.69, 9.17) is 9.84 Å². The molecule has 1 rings (SSSR count). The number of hydrogen-bond donors (Lipinski definition) is 3. The lowest BCUT2D eigenvalue weighted by Crippen LogP contribution is -2.55. The second-order valence-electron chi connectivity index (χ2n) is 5.46. The van der Waals surface area contributed by atoms with E-state index in [-0.39, 0.29) is 24.0 Å². The third-order valence-corrected chi connectivity index (χ3v) is 3.39. The summed E-state index contributed by atoms with van der Waals surface area (Å²) in [5.41, 5.74) is 0.0235. The van der Waals surface area contributed by atoms with E-state index in [1.165, 1.54) is 0 Å². The van der Waals surface area contributed by atoms with Crippen molar-refractivity contribution in [3.8, 4) is 0 Å². The number of hydrogen-bond acceptors (Lipinski definition) is 4. The van der Waals surface area contributed by atoms with Gasteiger partial charge in [-0.25, -0.2) is 0 Å². The normalized spacial score (nSPS) is 22.7. The minimum Gasteiger partial charge on any atom is -0.394 e. The standard InChI is InChI=1S/C13H26N2O3/c1-13(2)5-3-6-14-11(13)12(17)15-7-4-9-18-10-8-16/h11,14,16H,3-10H2,1-2H3,(H,15,17). The van der Waals surface area contributed by atoms with Crippen molar-refractivity contribution in [3.05, 3.63) is 0 Å². The average molecular weight is 258 g/mol. The van der Waals surface area contributed by atoms with Crippen LogP contribution in [0.3, 0.4) is 0 Å². The third kappa shape index (κ3) is 4.92. The SMILES string of the molecule is CC1(C)CCCNC1C(=O)NCCCOCCO. The molecule has 0 aromatic rings.